The van der Waals surface area contributed by atoms with E-state index >= 15 is 0 Å². The molecule has 1 saturated heterocycles. The predicted molar refractivity (Wildman–Crippen MR) is 127 cm³/mol. The summed E-state index contributed by atoms with van der Waals surface area (Å²) in [5.41, 5.74) is 0.737. The topological polar surface area (TPSA) is 113 Å². The minimum atomic E-state index is -0.852. The molecule has 1 N–H and O–H groups in total. The average molecular weight is 468 g/mol. The Balaban J connectivity index is 2.05. The number of hydrogen-bond donors (Lipinski definition) is 1. The number of carbonyl (C=O) groups excluding carboxylic acids is 2. The van der Waals surface area contributed by atoms with E-state index in [0.717, 1.165) is 0 Å². The van der Waals surface area contributed by atoms with Gasteiger partial charge in [0.2, 0.25) is 0 Å². The number of rotatable bonds is 9. The van der Waals surface area contributed by atoms with Crippen LogP contribution in [0.2, 0.25) is 0 Å². The Morgan fingerprint density at radius 1 is 1.12 bits per heavy atom. The Hall–Kier alpha value is -3.72. The molecular weight excluding hydrogens is 438 g/mol. The van der Waals surface area contributed by atoms with E-state index in [4.69, 9.17) is 4.74 Å². The highest BCUT2D eigenvalue weighted by atomic mass is 16.6. The minimum Gasteiger partial charge on any atom is -0.507 e. The van der Waals surface area contributed by atoms with Crippen molar-refractivity contribution in [2.75, 3.05) is 27.2 Å². The quantitative estimate of drug-likeness (QED) is 0.196. The molecular formula is C25H29N3O6. The van der Waals surface area contributed by atoms with Gasteiger partial charge in [-0.2, -0.15) is 0 Å². The second-order valence-electron chi connectivity index (χ2n) is 8.69. The third-order valence-corrected chi connectivity index (χ3v) is 5.46. The van der Waals surface area contributed by atoms with Crippen LogP contribution in [-0.2, 0) is 9.59 Å². The van der Waals surface area contributed by atoms with E-state index in [0.29, 0.717) is 36.4 Å². The van der Waals surface area contributed by atoms with Crippen LogP contribution < -0.4 is 4.74 Å². The smallest absolute Gasteiger partial charge is 0.295 e. The fraction of sp³-hybridized carbons (Fsp3) is 0.360. The Kier molecular flexibility index (Phi) is 7.68. The fourth-order valence-corrected chi connectivity index (χ4v) is 3.91. The van der Waals surface area contributed by atoms with E-state index in [1.807, 2.05) is 32.8 Å². The summed E-state index contributed by atoms with van der Waals surface area (Å²) >= 11 is 0. The van der Waals surface area contributed by atoms with E-state index in [9.17, 15) is 24.8 Å². The second-order valence-corrected chi connectivity index (χ2v) is 8.69. The maximum atomic E-state index is 13.0. The number of Topliss-reactive ketones (excluding diaryl/α,β-unsaturated/α-hetero) is 1. The third kappa shape index (κ3) is 5.43. The molecule has 2 aromatic carbocycles. The molecule has 2 aromatic rings. The van der Waals surface area contributed by atoms with Crippen molar-refractivity contribution in [1.29, 1.82) is 0 Å². The fourth-order valence-electron chi connectivity index (χ4n) is 3.91. The van der Waals surface area contributed by atoms with Crippen LogP contribution in [0.3, 0.4) is 0 Å². The molecule has 1 amide bonds. The molecule has 1 heterocycles. The number of aliphatic hydroxyl groups is 1. The summed E-state index contributed by atoms with van der Waals surface area (Å²) < 4.78 is 5.63. The lowest BCUT2D eigenvalue weighted by Crippen LogP contribution is -2.32. The number of carbonyl (C=O) groups is 2. The number of likely N-dealkylation sites (tertiary alicyclic amines) is 1. The largest absolute Gasteiger partial charge is 0.507 e. The first kappa shape index (κ1) is 24.9. The summed E-state index contributed by atoms with van der Waals surface area (Å²) in [6.07, 6.45) is 0.596. The van der Waals surface area contributed by atoms with Gasteiger partial charge in [-0.3, -0.25) is 19.7 Å². The number of benzene rings is 2. The highest BCUT2D eigenvalue weighted by Gasteiger charge is 2.45. The maximum Gasteiger partial charge on any atom is 0.295 e. The lowest BCUT2D eigenvalue weighted by atomic mass is 9.95. The molecule has 0 radical (unpaired) electrons. The van der Waals surface area contributed by atoms with Crippen LogP contribution in [0.1, 0.15) is 37.4 Å². The Morgan fingerprint density at radius 3 is 2.26 bits per heavy atom. The van der Waals surface area contributed by atoms with Gasteiger partial charge in [0.15, 0.2) is 0 Å². The van der Waals surface area contributed by atoms with Gasteiger partial charge >= 0.3 is 0 Å². The van der Waals surface area contributed by atoms with Crippen molar-refractivity contribution in [3.8, 4) is 5.75 Å². The van der Waals surface area contributed by atoms with Crippen molar-refractivity contribution in [3.05, 3.63) is 75.3 Å². The van der Waals surface area contributed by atoms with Gasteiger partial charge in [-0.25, -0.2) is 0 Å². The van der Waals surface area contributed by atoms with Gasteiger partial charge in [-0.05, 0) is 82.9 Å². The van der Waals surface area contributed by atoms with Crippen LogP contribution >= 0.6 is 0 Å². The second kappa shape index (κ2) is 10.5. The number of amides is 1. The Bertz CT molecular complexity index is 1090. The highest BCUT2D eigenvalue weighted by molar-refractivity contribution is 6.46. The molecule has 180 valence electrons. The number of hydrogen-bond acceptors (Lipinski definition) is 7. The zero-order valence-corrected chi connectivity index (χ0v) is 19.7. The number of ketones is 1. The number of aliphatic hydroxyl groups excluding tert-OH is 1. The molecule has 0 aliphatic carbocycles. The molecule has 9 heteroatoms. The lowest BCUT2D eigenvalue weighted by molar-refractivity contribution is -0.384. The molecule has 0 spiro atoms. The van der Waals surface area contributed by atoms with Crippen LogP contribution in [0.15, 0.2) is 54.1 Å². The number of non-ortho nitro benzene ring substituents is 1. The van der Waals surface area contributed by atoms with Crippen molar-refractivity contribution >= 4 is 23.1 Å². The summed E-state index contributed by atoms with van der Waals surface area (Å²) in [7, 11) is 3.82. The van der Waals surface area contributed by atoms with Crippen molar-refractivity contribution < 1.29 is 24.4 Å². The Morgan fingerprint density at radius 2 is 1.74 bits per heavy atom. The molecule has 0 saturated carbocycles. The van der Waals surface area contributed by atoms with Crippen LogP contribution in [0.25, 0.3) is 5.76 Å². The lowest BCUT2D eigenvalue weighted by Gasteiger charge is -2.26. The van der Waals surface area contributed by atoms with E-state index in [2.05, 4.69) is 0 Å². The van der Waals surface area contributed by atoms with Crippen LogP contribution in [0.5, 0.6) is 5.75 Å². The highest BCUT2D eigenvalue weighted by Crippen LogP contribution is 2.40. The van der Waals surface area contributed by atoms with E-state index in [-0.39, 0.29) is 23.1 Å². The van der Waals surface area contributed by atoms with Gasteiger partial charge in [0.25, 0.3) is 17.4 Å². The van der Waals surface area contributed by atoms with Gasteiger partial charge in [0.05, 0.1) is 22.6 Å². The van der Waals surface area contributed by atoms with Crippen molar-refractivity contribution in [2.24, 2.45) is 0 Å². The third-order valence-electron chi connectivity index (χ3n) is 5.46. The van der Waals surface area contributed by atoms with Crippen LogP contribution in [0, 0.1) is 10.1 Å². The van der Waals surface area contributed by atoms with Gasteiger partial charge in [0.1, 0.15) is 11.5 Å². The standard InChI is InChI=1S/C25H29N3O6/c1-16(2)34-20-12-8-18(9-13-20)23(29)21-22(17-6-10-19(11-7-17)28(32)33)27(25(31)24(21)30)15-5-14-26(3)4/h6-13,16,22,29H,5,14-15H2,1-4H3/b23-21+. The Labute approximate surface area is 198 Å². The molecule has 0 bridgehead atoms. The molecule has 1 aliphatic rings. The van der Waals surface area contributed by atoms with Gasteiger partial charge in [-0.1, -0.05) is 0 Å². The van der Waals surface area contributed by atoms with Crippen LogP contribution in [-0.4, -0.2) is 64.8 Å². The molecule has 1 aliphatic heterocycles. The van der Waals surface area contributed by atoms with E-state index < -0.39 is 22.7 Å². The van der Waals surface area contributed by atoms with Crippen molar-refractivity contribution in [3.63, 3.8) is 0 Å². The molecule has 1 fully saturated rings. The average Bonchev–Trinajstić information content (AvgIpc) is 3.03. The number of ether oxygens (including phenoxy) is 1. The molecule has 1 atom stereocenters. The van der Waals surface area contributed by atoms with Gasteiger partial charge < -0.3 is 19.6 Å². The molecule has 1 unspecified atom stereocenters. The van der Waals surface area contributed by atoms with Gasteiger partial charge in [0, 0.05) is 24.2 Å². The number of nitrogens with zero attached hydrogens (tertiary/aromatic N) is 3. The molecule has 3 rings (SSSR count). The zero-order chi connectivity index (χ0) is 25.0. The first-order valence-corrected chi connectivity index (χ1v) is 11.0. The number of nitro benzene ring substituents is 1. The summed E-state index contributed by atoms with van der Waals surface area (Å²) in [5.74, 6) is -1.17. The minimum absolute atomic E-state index is 0.0194. The maximum absolute atomic E-state index is 13.0. The van der Waals surface area contributed by atoms with Crippen molar-refractivity contribution in [2.45, 2.75) is 32.4 Å². The molecule has 34 heavy (non-hydrogen) atoms. The van der Waals surface area contributed by atoms with Gasteiger partial charge in [-0.15, -0.1) is 0 Å². The zero-order valence-electron chi connectivity index (χ0n) is 19.7. The van der Waals surface area contributed by atoms with Crippen LogP contribution in [0.4, 0.5) is 5.69 Å². The van der Waals surface area contributed by atoms with E-state index in [1.54, 1.807) is 24.3 Å². The molecule has 0 aromatic heterocycles. The first-order valence-electron chi connectivity index (χ1n) is 11.0. The SMILES string of the molecule is CC(C)Oc1ccc(/C(O)=C2\C(=O)C(=O)N(CCCN(C)C)C2c2ccc([N+](=O)[O-])cc2)cc1. The molecule has 9 nitrogen and oxygen atoms in total. The summed E-state index contributed by atoms with van der Waals surface area (Å²) in [6, 6.07) is 11.4. The van der Waals surface area contributed by atoms with E-state index in [1.165, 1.54) is 29.2 Å². The summed E-state index contributed by atoms with van der Waals surface area (Å²) in [6.45, 7) is 4.79. The summed E-state index contributed by atoms with van der Waals surface area (Å²) in [4.78, 5) is 40.0. The summed E-state index contributed by atoms with van der Waals surface area (Å²) in [5, 5.41) is 22.2. The monoisotopic (exact) mass is 467 g/mol. The predicted octanol–water partition coefficient (Wildman–Crippen LogP) is 3.76. The van der Waals surface area contributed by atoms with Crippen molar-refractivity contribution in [1.82, 2.24) is 9.80 Å². The first-order chi connectivity index (χ1) is 16.1. The number of nitro groups is 1. The normalized spacial score (nSPS) is 17.6.